The molecule has 1 saturated carbocycles. The van der Waals surface area contributed by atoms with Crippen molar-refractivity contribution < 1.29 is 14.7 Å². The summed E-state index contributed by atoms with van der Waals surface area (Å²) in [6, 6.07) is 3.05. The van der Waals surface area contributed by atoms with Gasteiger partial charge in [-0.1, -0.05) is 23.8 Å². The number of allylic oxidation sites excluding steroid dienone is 2. The zero-order valence-corrected chi connectivity index (χ0v) is 11.1. The van der Waals surface area contributed by atoms with Crippen LogP contribution in [0.5, 0.6) is 0 Å². The number of halogens is 1. The third-order valence-electron chi connectivity index (χ3n) is 3.93. The lowest BCUT2D eigenvalue weighted by atomic mass is 9.82. The summed E-state index contributed by atoms with van der Waals surface area (Å²) in [6.45, 7) is 0. The Morgan fingerprint density at radius 3 is 2.50 bits per heavy atom. The Kier molecular flexibility index (Phi) is 3.17. The predicted octanol–water partition coefficient (Wildman–Crippen LogP) is 1.59. The molecule has 0 aromatic carbocycles. The van der Waals surface area contributed by atoms with Gasteiger partial charge in [0.1, 0.15) is 0 Å². The number of carboxylic acids is 1. The third kappa shape index (κ3) is 2.16. The second-order valence-corrected chi connectivity index (χ2v) is 5.46. The van der Waals surface area contributed by atoms with E-state index in [2.05, 4.69) is 15.5 Å². The molecule has 4 unspecified atom stereocenters. The van der Waals surface area contributed by atoms with Crippen LogP contribution in [-0.4, -0.2) is 27.2 Å². The van der Waals surface area contributed by atoms with Gasteiger partial charge in [-0.3, -0.25) is 9.59 Å². The smallest absolute Gasteiger partial charge is 0.307 e. The van der Waals surface area contributed by atoms with Crippen LogP contribution in [-0.2, 0) is 9.59 Å². The fourth-order valence-electron chi connectivity index (χ4n) is 3.11. The average molecular weight is 294 g/mol. The van der Waals surface area contributed by atoms with E-state index >= 15 is 0 Å². The molecule has 4 atom stereocenters. The summed E-state index contributed by atoms with van der Waals surface area (Å²) in [4.78, 5) is 23.6. The standard InChI is InChI=1S/C13H12ClN3O3/c14-8-3-4-9(17-16-8)15-12(18)10-6-1-2-7(5-6)11(10)13(19)20/h1-4,6-7,10-11H,5H2,(H,19,20)(H,15,17,18). The van der Waals surface area contributed by atoms with E-state index < -0.39 is 17.8 Å². The number of hydrogen-bond donors (Lipinski definition) is 2. The lowest BCUT2D eigenvalue weighted by Gasteiger charge is -2.23. The first-order valence-corrected chi connectivity index (χ1v) is 6.65. The summed E-state index contributed by atoms with van der Waals surface area (Å²) in [7, 11) is 0. The molecule has 3 rings (SSSR count). The van der Waals surface area contributed by atoms with Crippen molar-refractivity contribution in [3.8, 4) is 0 Å². The van der Waals surface area contributed by atoms with E-state index in [-0.39, 0.29) is 28.7 Å². The number of amides is 1. The number of aliphatic carboxylic acids is 1. The van der Waals surface area contributed by atoms with Gasteiger partial charge in [-0.25, -0.2) is 0 Å². The van der Waals surface area contributed by atoms with Crippen molar-refractivity contribution in [2.45, 2.75) is 6.42 Å². The van der Waals surface area contributed by atoms with Crippen molar-refractivity contribution in [3.05, 3.63) is 29.4 Å². The summed E-state index contributed by atoms with van der Waals surface area (Å²) < 4.78 is 0. The molecule has 1 heterocycles. The van der Waals surface area contributed by atoms with Gasteiger partial charge in [0.25, 0.3) is 0 Å². The highest BCUT2D eigenvalue weighted by Crippen LogP contribution is 2.48. The van der Waals surface area contributed by atoms with Crippen LogP contribution < -0.4 is 5.32 Å². The van der Waals surface area contributed by atoms with E-state index in [1.807, 2.05) is 12.2 Å². The molecule has 6 nitrogen and oxygen atoms in total. The SMILES string of the molecule is O=C(O)C1C2C=CC(C2)C1C(=O)Nc1ccc(Cl)nn1. The summed E-state index contributed by atoms with van der Waals surface area (Å²) >= 11 is 5.62. The minimum Gasteiger partial charge on any atom is -0.481 e. The highest BCUT2D eigenvalue weighted by atomic mass is 35.5. The lowest BCUT2D eigenvalue weighted by molar-refractivity contribution is -0.146. The molecule has 0 spiro atoms. The second-order valence-electron chi connectivity index (χ2n) is 5.07. The van der Waals surface area contributed by atoms with E-state index in [1.165, 1.54) is 12.1 Å². The minimum atomic E-state index is -0.927. The Hall–Kier alpha value is -1.95. The zero-order valence-electron chi connectivity index (χ0n) is 10.4. The average Bonchev–Trinajstić information content (AvgIpc) is 3.01. The van der Waals surface area contributed by atoms with Gasteiger partial charge in [-0.15, -0.1) is 10.2 Å². The molecule has 104 valence electrons. The lowest BCUT2D eigenvalue weighted by Crippen LogP contribution is -2.36. The normalized spacial score (nSPS) is 30.4. The summed E-state index contributed by atoms with van der Waals surface area (Å²) in [6.07, 6.45) is 4.55. The van der Waals surface area contributed by atoms with E-state index in [9.17, 15) is 14.7 Å². The Morgan fingerprint density at radius 2 is 1.90 bits per heavy atom. The highest BCUT2D eigenvalue weighted by Gasteiger charge is 2.51. The number of fused-ring (bicyclic) bond motifs is 2. The molecular formula is C13H12ClN3O3. The number of nitrogens with zero attached hydrogens (tertiary/aromatic N) is 2. The number of anilines is 1. The molecule has 2 aliphatic rings. The van der Waals surface area contributed by atoms with Crippen LogP contribution in [0.2, 0.25) is 5.15 Å². The molecule has 1 aromatic rings. The van der Waals surface area contributed by atoms with Crippen molar-refractivity contribution in [2.24, 2.45) is 23.7 Å². The number of carbonyl (C=O) groups excluding carboxylic acids is 1. The van der Waals surface area contributed by atoms with E-state index in [4.69, 9.17) is 11.6 Å². The topological polar surface area (TPSA) is 92.2 Å². The van der Waals surface area contributed by atoms with Crippen LogP contribution in [0, 0.1) is 23.7 Å². The maximum Gasteiger partial charge on any atom is 0.307 e. The Balaban J connectivity index is 1.78. The number of aromatic nitrogens is 2. The van der Waals surface area contributed by atoms with Gasteiger partial charge < -0.3 is 10.4 Å². The Labute approximate surface area is 119 Å². The molecule has 7 heteroatoms. The van der Waals surface area contributed by atoms with Crippen molar-refractivity contribution in [2.75, 3.05) is 5.32 Å². The summed E-state index contributed by atoms with van der Waals surface area (Å²) in [5, 5.41) is 19.5. The molecule has 2 N–H and O–H groups in total. The minimum absolute atomic E-state index is 0.0126. The Morgan fingerprint density at radius 1 is 1.20 bits per heavy atom. The highest BCUT2D eigenvalue weighted by molar-refractivity contribution is 6.29. The van der Waals surface area contributed by atoms with Gasteiger partial charge in [0, 0.05) is 0 Å². The van der Waals surface area contributed by atoms with Gasteiger partial charge in [-0.05, 0) is 30.4 Å². The fourth-order valence-corrected chi connectivity index (χ4v) is 3.21. The van der Waals surface area contributed by atoms with Crippen LogP contribution in [0.4, 0.5) is 5.82 Å². The van der Waals surface area contributed by atoms with Crippen LogP contribution in [0.15, 0.2) is 24.3 Å². The summed E-state index contributed by atoms with van der Waals surface area (Å²) in [5.41, 5.74) is 0. The van der Waals surface area contributed by atoms with Gasteiger partial charge in [0.15, 0.2) is 11.0 Å². The quantitative estimate of drug-likeness (QED) is 0.826. The van der Waals surface area contributed by atoms with Crippen molar-refractivity contribution in [3.63, 3.8) is 0 Å². The molecule has 0 saturated heterocycles. The van der Waals surface area contributed by atoms with Crippen LogP contribution in [0.3, 0.4) is 0 Å². The summed E-state index contributed by atoms with van der Waals surface area (Å²) in [5.74, 6) is -2.26. The first kappa shape index (κ1) is 13.1. The van der Waals surface area contributed by atoms with Crippen LogP contribution in [0.25, 0.3) is 0 Å². The van der Waals surface area contributed by atoms with Crippen molar-refractivity contribution >= 4 is 29.3 Å². The largest absolute Gasteiger partial charge is 0.481 e. The maximum absolute atomic E-state index is 12.3. The Bertz CT molecular complexity index is 587. The number of rotatable bonds is 3. The predicted molar refractivity (Wildman–Crippen MR) is 71.0 cm³/mol. The first-order chi connectivity index (χ1) is 9.56. The number of carbonyl (C=O) groups is 2. The fraction of sp³-hybridized carbons (Fsp3) is 0.385. The molecule has 20 heavy (non-hydrogen) atoms. The van der Waals surface area contributed by atoms with E-state index in [0.717, 1.165) is 6.42 Å². The molecule has 0 radical (unpaired) electrons. The molecule has 1 amide bonds. The molecule has 2 aliphatic carbocycles. The second kappa shape index (κ2) is 4.86. The van der Waals surface area contributed by atoms with Crippen molar-refractivity contribution in [1.82, 2.24) is 10.2 Å². The molecule has 1 fully saturated rings. The van der Waals surface area contributed by atoms with E-state index in [1.54, 1.807) is 0 Å². The monoisotopic (exact) mass is 293 g/mol. The van der Waals surface area contributed by atoms with Crippen LogP contribution in [0.1, 0.15) is 6.42 Å². The number of hydrogen-bond acceptors (Lipinski definition) is 4. The molecule has 0 aliphatic heterocycles. The molecule has 1 aromatic heterocycles. The van der Waals surface area contributed by atoms with E-state index in [0.29, 0.717) is 0 Å². The third-order valence-corrected chi connectivity index (χ3v) is 4.13. The first-order valence-electron chi connectivity index (χ1n) is 6.27. The number of carboxylic acid groups (broad SMARTS) is 1. The zero-order chi connectivity index (χ0) is 14.3. The van der Waals surface area contributed by atoms with Crippen molar-refractivity contribution in [1.29, 1.82) is 0 Å². The van der Waals surface area contributed by atoms with Crippen LogP contribution >= 0.6 is 11.6 Å². The molecular weight excluding hydrogens is 282 g/mol. The van der Waals surface area contributed by atoms with Gasteiger partial charge in [-0.2, -0.15) is 0 Å². The maximum atomic E-state index is 12.3. The molecule has 2 bridgehead atoms. The van der Waals surface area contributed by atoms with Gasteiger partial charge >= 0.3 is 5.97 Å². The van der Waals surface area contributed by atoms with Gasteiger partial charge in [0.2, 0.25) is 5.91 Å². The van der Waals surface area contributed by atoms with Gasteiger partial charge in [0.05, 0.1) is 11.8 Å². The number of nitrogens with one attached hydrogen (secondary N) is 1.